The van der Waals surface area contributed by atoms with Crippen LogP contribution in [-0.4, -0.2) is 27.4 Å². The summed E-state index contributed by atoms with van der Waals surface area (Å²) in [6.07, 6.45) is 2.02. The van der Waals surface area contributed by atoms with Crippen LogP contribution >= 0.6 is 0 Å². The zero-order valence-electron chi connectivity index (χ0n) is 15.1. The lowest BCUT2D eigenvalue weighted by Gasteiger charge is -2.22. The first-order valence-corrected chi connectivity index (χ1v) is 9.24. The number of hydrogen-bond donors (Lipinski definition) is 1. The maximum atomic E-state index is 13.2. The molecule has 26 heavy (non-hydrogen) atoms. The van der Waals surface area contributed by atoms with Gasteiger partial charge >= 0.3 is 5.69 Å². The van der Waals surface area contributed by atoms with Crippen molar-refractivity contribution < 1.29 is 0 Å². The molecule has 4 rings (SSSR count). The molecule has 1 aromatic heterocycles. The molecule has 0 saturated carbocycles. The van der Waals surface area contributed by atoms with Gasteiger partial charge in [-0.25, -0.2) is 14.0 Å². The average Bonchev–Trinajstić information content (AvgIpc) is 2.99. The Bertz CT molecular complexity index is 936. The Morgan fingerprint density at radius 3 is 2.58 bits per heavy atom. The second kappa shape index (κ2) is 7.30. The molecule has 1 N–H and O–H groups in total. The van der Waals surface area contributed by atoms with Gasteiger partial charge in [-0.2, -0.15) is 5.10 Å². The Labute approximate surface area is 153 Å². The highest BCUT2D eigenvalue weighted by atomic mass is 16.2. The van der Waals surface area contributed by atoms with Gasteiger partial charge in [0.25, 0.3) is 0 Å². The maximum Gasteiger partial charge on any atom is 0.350 e. The smallest absolute Gasteiger partial charge is 0.317 e. The van der Waals surface area contributed by atoms with Crippen LogP contribution in [0, 0.1) is 6.92 Å². The van der Waals surface area contributed by atoms with Crippen molar-refractivity contribution in [2.24, 2.45) is 0 Å². The van der Waals surface area contributed by atoms with Gasteiger partial charge in [0.1, 0.15) is 5.82 Å². The fourth-order valence-corrected chi connectivity index (χ4v) is 3.68. The van der Waals surface area contributed by atoms with E-state index in [2.05, 4.69) is 24.4 Å². The van der Waals surface area contributed by atoms with Gasteiger partial charge in [-0.15, -0.1) is 0 Å². The van der Waals surface area contributed by atoms with Crippen molar-refractivity contribution >= 4 is 0 Å². The molecule has 0 radical (unpaired) electrons. The first-order valence-electron chi connectivity index (χ1n) is 9.24. The standard InChI is InChI=1S/C21H24N4O/c1-16-6-5-7-17(14-16)15-24-21(26)25(19-8-3-2-4-9-19)20(23-24)18-10-12-22-13-11-18/h2-9,14,18,22H,10-13,15H2,1H3. The molecule has 1 aliphatic heterocycles. The highest BCUT2D eigenvalue weighted by Crippen LogP contribution is 2.24. The van der Waals surface area contributed by atoms with Crippen molar-refractivity contribution in [2.75, 3.05) is 13.1 Å². The van der Waals surface area contributed by atoms with Gasteiger partial charge in [-0.1, -0.05) is 48.0 Å². The van der Waals surface area contributed by atoms with Crippen molar-refractivity contribution in [3.05, 3.63) is 82.0 Å². The van der Waals surface area contributed by atoms with Crippen LogP contribution in [0.3, 0.4) is 0 Å². The highest BCUT2D eigenvalue weighted by Gasteiger charge is 2.24. The van der Waals surface area contributed by atoms with E-state index in [1.54, 1.807) is 9.25 Å². The summed E-state index contributed by atoms with van der Waals surface area (Å²) in [4.78, 5) is 13.2. The molecule has 1 fully saturated rings. The molecule has 1 saturated heterocycles. The summed E-state index contributed by atoms with van der Waals surface area (Å²) in [7, 11) is 0. The second-order valence-electron chi connectivity index (χ2n) is 6.98. The molecule has 5 heteroatoms. The topological polar surface area (TPSA) is 51.9 Å². The number of nitrogens with one attached hydrogen (secondary N) is 1. The average molecular weight is 348 g/mol. The molecule has 2 aromatic carbocycles. The summed E-state index contributed by atoms with van der Waals surface area (Å²) >= 11 is 0. The molecule has 0 amide bonds. The summed E-state index contributed by atoms with van der Waals surface area (Å²) in [5.74, 6) is 1.19. The fraction of sp³-hybridized carbons (Fsp3) is 0.333. The van der Waals surface area contributed by atoms with Crippen molar-refractivity contribution in [2.45, 2.75) is 32.2 Å². The van der Waals surface area contributed by atoms with Gasteiger partial charge in [0.2, 0.25) is 0 Å². The number of piperidine rings is 1. The Morgan fingerprint density at radius 2 is 1.85 bits per heavy atom. The summed E-state index contributed by atoms with van der Waals surface area (Å²) in [6, 6.07) is 18.1. The molecule has 5 nitrogen and oxygen atoms in total. The molecule has 0 aliphatic carbocycles. The minimum atomic E-state index is -0.0637. The van der Waals surface area contributed by atoms with Crippen molar-refractivity contribution in [3.63, 3.8) is 0 Å². The zero-order chi connectivity index (χ0) is 17.9. The third-order valence-electron chi connectivity index (χ3n) is 5.00. The van der Waals surface area contributed by atoms with Crippen LogP contribution in [0.2, 0.25) is 0 Å². The zero-order valence-corrected chi connectivity index (χ0v) is 15.1. The van der Waals surface area contributed by atoms with Crippen LogP contribution in [0.5, 0.6) is 0 Å². The molecule has 134 valence electrons. The number of rotatable bonds is 4. The number of hydrogen-bond acceptors (Lipinski definition) is 3. The summed E-state index contributed by atoms with van der Waals surface area (Å²) < 4.78 is 3.41. The number of aryl methyl sites for hydroxylation is 1. The number of aromatic nitrogens is 3. The summed E-state index contributed by atoms with van der Waals surface area (Å²) in [5.41, 5.74) is 3.12. The summed E-state index contributed by atoms with van der Waals surface area (Å²) in [5, 5.41) is 8.16. The third kappa shape index (κ3) is 3.35. The third-order valence-corrected chi connectivity index (χ3v) is 5.00. The highest BCUT2D eigenvalue weighted by molar-refractivity contribution is 5.33. The number of benzene rings is 2. The van der Waals surface area contributed by atoms with Crippen molar-refractivity contribution in [1.29, 1.82) is 0 Å². The van der Waals surface area contributed by atoms with Crippen molar-refractivity contribution in [1.82, 2.24) is 19.7 Å². The monoisotopic (exact) mass is 348 g/mol. The van der Waals surface area contributed by atoms with E-state index in [0.717, 1.165) is 43.0 Å². The van der Waals surface area contributed by atoms with Crippen LogP contribution in [0.15, 0.2) is 59.4 Å². The Morgan fingerprint density at radius 1 is 1.08 bits per heavy atom. The first kappa shape index (κ1) is 16.8. The lowest BCUT2D eigenvalue weighted by Crippen LogP contribution is -2.29. The van der Waals surface area contributed by atoms with E-state index in [0.29, 0.717) is 12.5 Å². The van der Waals surface area contributed by atoms with Gasteiger partial charge in [-0.3, -0.25) is 0 Å². The predicted molar refractivity (Wildman–Crippen MR) is 103 cm³/mol. The quantitative estimate of drug-likeness (QED) is 0.789. The molecule has 1 aliphatic rings. The Kier molecular flexibility index (Phi) is 4.71. The van der Waals surface area contributed by atoms with Crippen LogP contribution in [0.1, 0.15) is 35.7 Å². The van der Waals surface area contributed by atoms with Gasteiger partial charge in [0, 0.05) is 5.92 Å². The lowest BCUT2D eigenvalue weighted by atomic mass is 9.97. The van der Waals surface area contributed by atoms with E-state index in [9.17, 15) is 4.79 Å². The molecule has 0 bridgehead atoms. The van der Waals surface area contributed by atoms with Crippen LogP contribution in [-0.2, 0) is 6.54 Å². The largest absolute Gasteiger partial charge is 0.350 e. The van der Waals surface area contributed by atoms with Crippen LogP contribution in [0.4, 0.5) is 0 Å². The minimum Gasteiger partial charge on any atom is -0.317 e. The fourth-order valence-electron chi connectivity index (χ4n) is 3.68. The Balaban J connectivity index is 1.78. The van der Waals surface area contributed by atoms with E-state index >= 15 is 0 Å². The molecule has 0 unspecified atom stereocenters. The summed E-state index contributed by atoms with van der Waals surface area (Å²) in [6.45, 7) is 4.50. The van der Waals surface area contributed by atoms with Gasteiger partial charge in [0.05, 0.1) is 12.2 Å². The van der Waals surface area contributed by atoms with E-state index < -0.39 is 0 Å². The van der Waals surface area contributed by atoms with E-state index in [1.807, 2.05) is 42.5 Å². The SMILES string of the molecule is Cc1cccc(Cn2nc(C3CCNCC3)n(-c3ccccc3)c2=O)c1. The van der Waals surface area contributed by atoms with Crippen molar-refractivity contribution in [3.8, 4) is 5.69 Å². The molecular weight excluding hydrogens is 324 g/mol. The number of nitrogens with zero attached hydrogens (tertiary/aromatic N) is 3. The maximum absolute atomic E-state index is 13.2. The molecule has 0 atom stereocenters. The predicted octanol–water partition coefficient (Wildman–Crippen LogP) is 2.86. The van der Waals surface area contributed by atoms with E-state index in [-0.39, 0.29) is 5.69 Å². The van der Waals surface area contributed by atoms with Crippen LogP contribution < -0.4 is 11.0 Å². The molecular formula is C21H24N4O. The van der Waals surface area contributed by atoms with Gasteiger partial charge in [0.15, 0.2) is 0 Å². The first-order chi connectivity index (χ1) is 12.7. The molecule has 0 spiro atoms. The second-order valence-corrected chi connectivity index (χ2v) is 6.98. The van der Waals surface area contributed by atoms with Crippen LogP contribution in [0.25, 0.3) is 5.69 Å². The van der Waals surface area contributed by atoms with Gasteiger partial charge < -0.3 is 5.32 Å². The number of para-hydroxylation sites is 1. The van der Waals surface area contributed by atoms with E-state index in [1.165, 1.54) is 5.56 Å². The van der Waals surface area contributed by atoms with E-state index in [4.69, 9.17) is 5.10 Å². The normalized spacial score (nSPS) is 15.3. The van der Waals surface area contributed by atoms with Gasteiger partial charge in [-0.05, 0) is 50.6 Å². The minimum absolute atomic E-state index is 0.0637. The lowest BCUT2D eigenvalue weighted by molar-refractivity contribution is 0.438. The Hall–Kier alpha value is -2.66. The molecule has 2 heterocycles. The molecule has 3 aromatic rings.